The first-order valence-corrected chi connectivity index (χ1v) is 6.80. The van der Waals surface area contributed by atoms with Crippen molar-refractivity contribution >= 4 is 17.0 Å². The number of hydrogen-bond acceptors (Lipinski definition) is 11. The van der Waals surface area contributed by atoms with Gasteiger partial charge in [-0.05, 0) is 0 Å². The topological polar surface area (TPSA) is 210 Å². The first kappa shape index (κ1) is 16.4. The first-order chi connectivity index (χ1) is 11.3. The highest BCUT2D eigenvalue weighted by atomic mass is 16.6. The molecule has 0 spiro atoms. The van der Waals surface area contributed by atoms with Gasteiger partial charge in [-0.2, -0.15) is 4.98 Å². The monoisotopic (exact) mass is 342 g/mol. The molecular weight excluding hydrogens is 328 g/mol. The Labute approximate surface area is 131 Å². The van der Waals surface area contributed by atoms with Gasteiger partial charge in [-0.15, -0.1) is 5.10 Å². The Kier molecular flexibility index (Phi) is 4.02. The van der Waals surface area contributed by atoms with Crippen molar-refractivity contribution in [1.82, 2.24) is 25.0 Å². The zero-order valence-electron chi connectivity index (χ0n) is 12.0. The third kappa shape index (κ3) is 2.44. The molecule has 0 amide bonds. The second kappa shape index (κ2) is 5.88. The number of ether oxygens (including phenoxy) is 1. The van der Waals surface area contributed by atoms with Gasteiger partial charge in [-0.25, -0.2) is 4.68 Å². The molecule has 1 fully saturated rings. The third-order valence-electron chi connectivity index (χ3n) is 3.68. The number of anilines is 1. The van der Waals surface area contributed by atoms with Crippen LogP contribution in [0, 0.1) is 0 Å². The van der Waals surface area contributed by atoms with E-state index in [1.807, 2.05) is 0 Å². The number of fused-ring (bicyclic) bond motifs is 1. The van der Waals surface area contributed by atoms with E-state index in [0.717, 1.165) is 4.68 Å². The average molecular weight is 342 g/mol. The number of rotatable bonds is 2. The van der Waals surface area contributed by atoms with Crippen LogP contribution in [0.4, 0.5) is 5.95 Å². The molecule has 1 aliphatic heterocycles. The maximum atomic E-state index is 12.2. The van der Waals surface area contributed by atoms with Crippen molar-refractivity contribution in [2.45, 2.75) is 30.6 Å². The van der Waals surface area contributed by atoms with Crippen molar-refractivity contribution < 1.29 is 25.2 Å². The number of hydrogen-bond donors (Lipinski definition) is 6. The number of aromatic amines is 1. The Balaban J connectivity index is 2.20. The van der Waals surface area contributed by atoms with Crippen LogP contribution in [0.3, 0.4) is 0 Å². The Hall–Kier alpha value is -2.45. The molecule has 1 aliphatic rings. The molecule has 7 N–H and O–H groups in total. The van der Waals surface area contributed by atoms with Crippen LogP contribution in [0.15, 0.2) is 9.59 Å². The van der Waals surface area contributed by atoms with Crippen LogP contribution < -0.4 is 16.9 Å². The smallest absolute Gasteiger partial charge is 0.303 e. The van der Waals surface area contributed by atoms with Gasteiger partial charge in [0.25, 0.3) is 5.56 Å². The largest absolute Gasteiger partial charge is 0.394 e. The lowest BCUT2D eigenvalue weighted by Gasteiger charge is -2.39. The van der Waals surface area contributed by atoms with Gasteiger partial charge >= 0.3 is 5.56 Å². The first-order valence-electron chi connectivity index (χ1n) is 6.80. The molecule has 24 heavy (non-hydrogen) atoms. The van der Waals surface area contributed by atoms with E-state index >= 15 is 0 Å². The molecule has 0 unspecified atom stereocenters. The van der Waals surface area contributed by atoms with Gasteiger partial charge in [0.15, 0.2) is 17.3 Å². The highest BCUT2D eigenvalue weighted by Gasteiger charge is 2.45. The van der Waals surface area contributed by atoms with Crippen LogP contribution in [-0.2, 0) is 4.74 Å². The summed E-state index contributed by atoms with van der Waals surface area (Å²) < 4.78 is 6.05. The maximum Gasteiger partial charge on any atom is 0.303 e. The Morgan fingerprint density at radius 3 is 2.58 bits per heavy atom. The number of nitrogens with one attached hydrogen (secondary N) is 1. The summed E-state index contributed by atoms with van der Waals surface area (Å²) in [6.07, 6.45) is -7.70. The highest BCUT2D eigenvalue weighted by Crippen LogP contribution is 2.28. The van der Waals surface area contributed by atoms with Gasteiger partial charge in [-0.1, -0.05) is 5.21 Å². The van der Waals surface area contributed by atoms with E-state index in [1.165, 1.54) is 0 Å². The standard InChI is InChI=1S/C11H14N6O7/c12-11-13-8(22)3-4(9(23)14-11)17(16-15-3)10-7(21)6(20)5(19)2(1-18)24-10/h2,5-7,10,18-21H,1H2,(H3,12,13,14,22,23)/t2-,5-,6+,7-,10-/m1/s1. The number of H-pyrrole nitrogens is 1. The molecule has 0 saturated carbocycles. The molecule has 13 nitrogen and oxygen atoms in total. The SMILES string of the molecule is Nc1nc(=O)c2nnn([C@@H]3O[C@H](CO)[C@@H](O)[C@H](O)[C@H]3O)c2c(=O)[nH]1. The number of nitrogen functional groups attached to an aromatic ring is 1. The Morgan fingerprint density at radius 2 is 1.92 bits per heavy atom. The van der Waals surface area contributed by atoms with E-state index in [4.69, 9.17) is 10.5 Å². The molecule has 3 rings (SSSR count). The van der Waals surface area contributed by atoms with Crippen LogP contribution >= 0.6 is 0 Å². The molecule has 0 bridgehead atoms. The zero-order valence-corrected chi connectivity index (χ0v) is 12.0. The Morgan fingerprint density at radius 1 is 1.21 bits per heavy atom. The van der Waals surface area contributed by atoms with Gasteiger partial charge in [0.05, 0.1) is 6.61 Å². The van der Waals surface area contributed by atoms with Gasteiger partial charge in [0, 0.05) is 0 Å². The fourth-order valence-corrected chi connectivity index (χ4v) is 2.48. The van der Waals surface area contributed by atoms with E-state index in [2.05, 4.69) is 20.3 Å². The molecule has 130 valence electrons. The summed E-state index contributed by atoms with van der Waals surface area (Å²) in [6, 6.07) is 0. The molecule has 0 aromatic carbocycles. The number of aromatic nitrogens is 5. The molecule has 2 aromatic rings. The van der Waals surface area contributed by atoms with Crippen molar-refractivity contribution in [2.75, 3.05) is 12.3 Å². The predicted molar refractivity (Wildman–Crippen MR) is 75.6 cm³/mol. The van der Waals surface area contributed by atoms with Gasteiger partial charge in [-0.3, -0.25) is 14.6 Å². The number of nitrogens with two attached hydrogens (primary N) is 1. The second-order valence-electron chi connectivity index (χ2n) is 5.21. The van der Waals surface area contributed by atoms with Crippen LogP contribution in [0.1, 0.15) is 6.23 Å². The minimum Gasteiger partial charge on any atom is -0.394 e. The molecule has 0 radical (unpaired) electrons. The summed E-state index contributed by atoms with van der Waals surface area (Å²) >= 11 is 0. The molecular formula is C11H14N6O7. The summed E-state index contributed by atoms with van der Waals surface area (Å²) in [5.41, 5.74) is 2.72. The molecule has 1 saturated heterocycles. The quantitative estimate of drug-likeness (QED) is 0.306. The average Bonchev–Trinajstić information content (AvgIpc) is 2.93. The summed E-state index contributed by atoms with van der Waals surface area (Å²) in [5.74, 6) is -0.441. The van der Waals surface area contributed by atoms with Gasteiger partial charge < -0.3 is 30.9 Å². The van der Waals surface area contributed by atoms with Crippen molar-refractivity contribution in [2.24, 2.45) is 0 Å². The van der Waals surface area contributed by atoms with E-state index in [-0.39, 0.29) is 0 Å². The molecule has 2 aromatic heterocycles. The minimum atomic E-state index is -1.71. The molecule has 5 atom stereocenters. The van der Waals surface area contributed by atoms with Gasteiger partial charge in [0.1, 0.15) is 24.4 Å². The second-order valence-corrected chi connectivity index (χ2v) is 5.21. The van der Waals surface area contributed by atoms with E-state index in [1.54, 1.807) is 0 Å². The van der Waals surface area contributed by atoms with Crippen LogP contribution in [0.25, 0.3) is 11.0 Å². The zero-order chi connectivity index (χ0) is 17.6. The Bertz CT molecular complexity index is 879. The van der Waals surface area contributed by atoms with Crippen LogP contribution in [0.2, 0.25) is 0 Å². The number of nitrogens with zero attached hydrogens (tertiary/aromatic N) is 4. The maximum absolute atomic E-state index is 12.2. The summed E-state index contributed by atoms with van der Waals surface area (Å²) in [5, 5.41) is 46.0. The fraction of sp³-hybridized carbons (Fsp3) is 0.545. The lowest BCUT2D eigenvalue weighted by molar-refractivity contribution is -0.253. The summed E-state index contributed by atoms with van der Waals surface area (Å²) in [4.78, 5) is 29.5. The summed E-state index contributed by atoms with van der Waals surface area (Å²) in [6.45, 7) is -0.667. The number of aliphatic hydroxyl groups excluding tert-OH is 4. The minimum absolute atomic E-state index is 0.395. The normalized spacial score (nSPS) is 30.6. The van der Waals surface area contributed by atoms with Crippen LogP contribution in [0.5, 0.6) is 0 Å². The van der Waals surface area contributed by atoms with E-state index in [0.29, 0.717) is 0 Å². The van der Waals surface area contributed by atoms with Crippen molar-refractivity contribution in [3.8, 4) is 0 Å². The molecule has 3 heterocycles. The summed E-state index contributed by atoms with van der Waals surface area (Å²) in [7, 11) is 0. The molecule has 0 aliphatic carbocycles. The van der Waals surface area contributed by atoms with Gasteiger partial charge in [0.2, 0.25) is 5.95 Å². The van der Waals surface area contributed by atoms with Crippen LogP contribution in [-0.4, -0.2) is 76.4 Å². The van der Waals surface area contributed by atoms with E-state index < -0.39 is 65.4 Å². The number of aliphatic hydroxyl groups is 4. The van der Waals surface area contributed by atoms with E-state index in [9.17, 15) is 30.0 Å². The lowest BCUT2D eigenvalue weighted by atomic mass is 9.98. The van der Waals surface area contributed by atoms with Crippen molar-refractivity contribution in [3.05, 3.63) is 20.7 Å². The lowest BCUT2D eigenvalue weighted by Crippen LogP contribution is -2.56. The third-order valence-corrected chi connectivity index (χ3v) is 3.68. The molecule has 13 heteroatoms. The predicted octanol–water partition coefficient (Wildman–Crippen LogP) is -4.57. The van der Waals surface area contributed by atoms with Crippen molar-refractivity contribution in [1.29, 1.82) is 0 Å². The van der Waals surface area contributed by atoms with Crippen molar-refractivity contribution in [3.63, 3.8) is 0 Å². The fourth-order valence-electron chi connectivity index (χ4n) is 2.48. The highest BCUT2D eigenvalue weighted by molar-refractivity contribution is 5.71.